The van der Waals surface area contributed by atoms with Crippen molar-refractivity contribution in [2.24, 2.45) is 0 Å². The highest BCUT2D eigenvalue weighted by Crippen LogP contribution is 2.10. The lowest BCUT2D eigenvalue weighted by Crippen LogP contribution is -2.33. The van der Waals surface area contributed by atoms with E-state index in [1.807, 2.05) is 49.4 Å². The highest BCUT2D eigenvalue weighted by Gasteiger charge is 2.14. The Morgan fingerprint density at radius 3 is 2.36 bits per heavy atom. The molecule has 4 nitrogen and oxygen atoms in total. The van der Waals surface area contributed by atoms with Gasteiger partial charge in [0.1, 0.15) is 5.56 Å². The van der Waals surface area contributed by atoms with Crippen LogP contribution in [0.1, 0.15) is 21.6 Å². The molecular formula is C20H17ClN2O2. The Morgan fingerprint density at radius 2 is 1.68 bits per heavy atom. The van der Waals surface area contributed by atoms with Gasteiger partial charge in [-0.05, 0) is 48.9 Å². The Bertz CT molecular complexity index is 948. The summed E-state index contributed by atoms with van der Waals surface area (Å²) in [5.41, 5.74) is 2.19. The minimum absolute atomic E-state index is 0.114. The Morgan fingerprint density at radius 1 is 1.00 bits per heavy atom. The number of aryl methyl sites for hydroxylation is 1. The van der Waals surface area contributed by atoms with E-state index in [2.05, 4.69) is 5.32 Å². The number of hydrogen-bond acceptors (Lipinski definition) is 2. The van der Waals surface area contributed by atoms with Gasteiger partial charge in [-0.2, -0.15) is 0 Å². The number of rotatable bonds is 4. The molecule has 0 aliphatic rings. The summed E-state index contributed by atoms with van der Waals surface area (Å²) in [7, 11) is 0. The van der Waals surface area contributed by atoms with Crippen LogP contribution in [-0.2, 0) is 6.54 Å². The molecule has 0 unspecified atom stereocenters. The summed E-state index contributed by atoms with van der Waals surface area (Å²) < 4.78 is 1.54. The molecule has 5 heteroatoms. The second-order valence-electron chi connectivity index (χ2n) is 5.67. The average Bonchev–Trinajstić information content (AvgIpc) is 2.62. The van der Waals surface area contributed by atoms with Crippen LogP contribution in [0.3, 0.4) is 0 Å². The van der Waals surface area contributed by atoms with Crippen LogP contribution in [0, 0.1) is 6.92 Å². The standard InChI is InChI=1S/C20H17ClN2O2/c1-14-7-12-18(20(25)23(14)17-5-3-2-4-6-17)19(24)22-13-15-8-10-16(21)11-9-15/h2-12H,13H2,1H3,(H,22,24). The van der Waals surface area contributed by atoms with Gasteiger partial charge in [-0.25, -0.2) is 0 Å². The first-order chi connectivity index (χ1) is 12.1. The van der Waals surface area contributed by atoms with Crippen LogP contribution in [0.25, 0.3) is 5.69 Å². The average molecular weight is 353 g/mol. The number of nitrogens with one attached hydrogen (secondary N) is 1. The molecule has 1 amide bonds. The summed E-state index contributed by atoms with van der Waals surface area (Å²) in [6, 6.07) is 19.8. The largest absolute Gasteiger partial charge is 0.348 e. The molecule has 0 saturated heterocycles. The second-order valence-corrected chi connectivity index (χ2v) is 6.11. The summed E-state index contributed by atoms with van der Waals surface area (Å²) in [5, 5.41) is 3.42. The number of carbonyl (C=O) groups is 1. The van der Waals surface area contributed by atoms with Gasteiger partial charge in [-0.15, -0.1) is 0 Å². The van der Waals surface area contributed by atoms with Crippen molar-refractivity contribution in [2.75, 3.05) is 0 Å². The first-order valence-electron chi connectivity index (χ1n) is 7.87. The fourth-order valence-corrected chi connectivity index (χ4v) is 2.71. The fraction of sp³-hybridized carbons (Fsp3) is 0.100. The van der Waals surface area contributed by atoms with Gasteiger partial charge in [-0.1, -0.05) is 41.9 Å². The monoisotopic (exact) mass is 352 g/mol. The van der Waals surface area contributed by atoms with Crippen molar-refractivity contribution < 1.29 is 4.79 Å². The Labute approximate surface area is 150 Å². The number of benzene rings is 2. The van der Waals surface area contributed by atoms with E-state index in [1.165, 1.54) is 4.57 Å². The highest BCUT2D eigenvalue weighted by atomic mass is 35.5. The first-order valence-corrected chi connectivity index (χ1v) is 8.25. The zero-order valence-electron chi connectivity index (χ0n) is 13.7. The molecule has 3 aromatic rings. The molecule has 0 saturated carbocycles. The molecule has 126 valence electrons. The lowest BCUT2D eigenvalue weighted by Gasteiger charge is -2.12. The van der Waals surface area contributed by atoms with Gasteiger partial charge in [0.2, 0.25) is 0 Å². The predicted octanol–water partition coefficient (Wildman–Crippen LogP) is 3.73. The van der Waals surface area contributed by atoms with Crippen molar-refractivity contribution >= 4 is 17.5 Å². The zero-order valence-corrected chi connectivity index (χ0v) is 14.5. The SMILES string of the molecule is Cc1ccc(C(=O)NCc2ccc(Cl)cc2)c(=O)n1-c1ccccc1. The third kappa shape index (κ3) is 3.80. The minimum atomic E-state index is -0.398. The second kappa shape index (κ2) is 7.36. The molecule has 1 aromatic heterocycles. The van der Waals surface area contributed by atoms with E-state index in [4.69, 9.17) is 11.6 Å². The number of hydrogen-bond donors (Lipinski definition) is 1. The number of aromatic nitrogens is 1. The lowest BCUT2D eigenvalue weighted by molar-refractivity contribution is 0.0949. The quantitative estimate of drug-likeness (QED) is 0.777. The number of pyridine rings is 1. The molecule has 0 aliphatic heterocycles. The molecule has 0 bridgehead atoms. The maximum atomic E-state index is 12.8. The summed E-state index contributed by atoms with van der Waals surface area (Å²) >= 11 is 5.85. The van der Waals surface area contributed by atoms with Gasteiger partial charge in [0, 0.05) is 22.9 Å². The van der Waals surface area contributed by atoms with E-state index in [1.54, 1.807) is 24.3 Å². The van der Waals surface area contributed by atoms with Crippen LogP contribution < -0.4 is 10.9 Å². The Balaban J connectivity index is 1.86. The molecule has 0 fully saturated rings. The summed E-state index contributed by atoms with van der Waals surface area (Å²) in [6.45, 7) is 2.17. The molecule has 0 radical (unpaired) electrons. The maximum absolute atomic E-state index is 12.8. The maximum Gasteiger partial charge on any atom is 0.268 e. The van der Waals surface area contributed by atoms with Gasteiger partial charge in [0.25, 0.3) is 11.5 Å². The van der Waals surface area contributed by atoms with Crippen molar-refractivity contribution in [3.63, 3.8) is 0 Å². The lowest BCUT2D eigenvalue weighted by atomic mass is 10.2. The minimum Gasteiger partial charge on any atom is -0.348 e. The number of amides is 1. The van der Waals surface area contributed by atoms with Crippen LogP contribution in [-0.4, -0.2) is 10.5 Å². The van der Waals surface area contributed by atoms with Crippen molar-refractivity contribution in [1.82, 2.24) is 9.88 Å². The molecular weight excluding hydrogens is 336 g/mol. The van der Waals surface area contributed by atoms with Crippen LogP contribution >= 0.6 is 11.6 Å². The normalized spacial score (nSPS) is 10.5. The van der Waals surface area contributed by atoms with E-state index in [-0.39, 0.29) is 11.1 Å². The number of para-hydroxylation sites is 1. The van der Waals surface area contributed by atoms with Gasteiger partial charge < -0.3 is 5.32 Å². The van der Waals surface area contributed by atoms with E-state index in [0.717, 1.165) is 16.9 Å². The van der Waals surface area contributed by atoms with Crippen molar-refractivity contribution in [3.05, 3.63) is 98.9 Å². The van der Waals surface area contributed by atoms with E-state index < -0.39 is 5.91 Å². The Hall–Kier alpha value is -2.85. The number of nitrogens with zero attached hydrogens (tertiary/aromatic N) is 1. The van der Waals surface area contributed by atoms with Crippen molar-refractivity contribution in [1.29, 1.82) is 0 Å². The molecule has 1 heterocycles. The fourth-order valence-electron chi connectivity index (χ4n) is 2.58. The van der Waals surface area contributed by atoms with Gasteiger partial charge >= 0.3 is 0 Å². The van der Waals surface area contributed by atoms with E-state index >= 15 is 0 Å². The number of halogens is 1. The molecule has 1 N–H and O–H groups in total. The van der Waals surface area contributed by atoms with Crippen molar-refractivity contribution in [2.45, 2.75) is 13.5 Å². The van der Waals surface area contributed by atoms with Crippen LogP contribution in [0.5, 0.6) is 0 Å². The smallest absolute Gasteiger partial charge is 0.268 e. The third-order valence-electron chi connectivity index (χ3n) is 3.90. The predicted molar refractivity (Wildman–Crippen MR) is 99.4 cm³/mol. The van der Waals surface area contributed by atoms with Crippen LogP contribution in [0.4, 0.5) is 0 Å². The summed E-state index contributed by atoms with van der Waals surface area (Å²) in [4.78, 5) is 25.2. The van der Waals surface area contributed by atoms with E-state index in [0.29, 0.717) is 11.6 Å². The zero-order chi connectivity index (χ0) is 17.8. The molecule has 2 aromatic carbocycles. The summed E-state index contributed by atoms with van der Waals surface area (Å²) in [6.07, 6.45) is 0. The molecule has 3 rings (SSSR count). The summed E-state index contributed by atoms with van der Waals surface area (Å²) in [5.74, 6) is -0.398. The van der Waals surface area contributed by atoms with Gasteiger partial charge in [-0.3, -0.25) is 14.2 Å². The third-order valence-corrected chi connectivity index (χ3v) is 4.15. The van der Waals surface area contributed by atoms with Gasteiger partial charge in [0.05, 0.1) is 0 Å². The Kier molecular flexibility index (Phi) is 5.00. The molecule has 25 heavy (non-hydrogen) atoms. The molecule has 0 aliphatic carbocycles. The highest BCUT2D eigenvalue weighted by molar-refractivity contribution is 6.30. The van der Waals surface area contributed by atoms with Crippen molar-refractivity contribution in [3.8, 4) is 5.69 Å². The van der Waals surface area contributed by atoms with Gasteiger partial charge in [0.15, 0.2) is 0 Å². The van der Waals surface area contributed by atoms with E-state index in [9.17, 15) is 9.59 Å². The van der Waals surface area contributed by atoms with Crippen LogP contribution in [0.15, 0.2) is 71.5 Å². The molecule has 0 spiro atoms. The topological polar surface area (TPSA) is 51.1 Å². The first kappa shape index (κ1) is 17.0. The molecule has 0 atom stereocenters. The number of carbonyl (C=O) groups excluding carboxylic acids is 1. The van der Waals surface area contributed by atoms with Crippen LogP contribution in [0.2, 0.25) is 5.02 Å².